The van der Waals surface area contributed by atoms with E-state index in [1.165, 1.54) is 12.1 Å². The molecular formula is C21H18N4O3S. The molecule has 146 valence electrons. The molecule has 1 amide bonds. The highest BCUT2D eigenvalue weighted by Gasteiger charge is 2.12. The fourth-order valence-electron chi connectivity index (χ4n) is 2.89. The van der Waals surface area contributed by atoms with Crippen LogP contribution < -0.4 is 5.32 Å². The Bertz CT molecular complexity index is 1260. The summed E-state index contributed by atoms with van der Waals surface area (Å²) in [6.45, 7) is 0.263. The molecule has 0 spiro atoms. The zero-order chi connectivity index (χ0) is 20.4. The lowest BCUT2D eigenvalue weighted by molar-refractivity contribution is 0.0946. The molecule has 2 aromatic heterocycles. The van der Waals surface area contributed by atoms with Gasteiger partial charge in [0.25, 0.3) is 5.91 Å². The third-order valence-electron chi connectivity index (χ3n) is 4.42. The molecule has 29 heavy (non-hydrogen) atoms. The summed E-state index contributed by atoms with van der Waals surface area (Å²) in [6, 6.07) is 19.2. The Morgan fingerprint density at radius 1 is 0.966 bits per heavy atom. The molecule has 8 heteroatoms. The standard InChI is InChI=1S/C21H18N4O3S/c1-29(27,28)15-11-9-14(10-12-15)13-22-21(26)19-8-4-7-18(23-19)20-24-16-5-2-3-6-17(16)25-20/h2-12H,13H2,1H3,(H,22,26)(H,24,25). The molecule has 0 bridgehead atoms. The largest absolute Gasteiger partial charge is 0.347 e. The Labute approximate surface area is 167 Å². The molecule has 0 aliphatic heterocycles. The summed E-state index contributed by atoms with van der Waals surface area (Å²) in [7, 11) is -3.24. The summed E-state index contributed by atoms with van der Waals surface area (Å²) in [5.74, 6) is 0.271. The Hall–Kier alpha value is -3.52. The van der Waals surface area contributed by atoms with Crippen LogP contribution in [-0.2, 0) is 16.4 Å². The molecule has 0 atom stereocenters. The van der Waals surface area contributed by atoms with Crippen LogP contribution in [0.2, 0.25) is 0 Å². The molecular weight excluding hydrogens is 388 g/mol. The first-order valence-electron chi connectivity index (χ1n) is 8.89. The van der Waals surface area contributed by atoms with Crippen LogP contribution >= 0.6 is 0 Å². The lowest BCUT2D eigenvalue weighted by atomic mass is 10.2. The molecule has 0 unspecified atom stereocenters. The number of sulfone groups is 1. The summed E-state index contributed by atoms with van der Waals surface area (Å²) in [6.07, 6.45) is 1.16. The number of carbonyl (C=O) groups is 1. The maximum Gasteiger partial charge on any atom is 0.270 e. The van der Waals surface area contributed by atoms with Gasteiger partial charge in [0, 0.05) is 12.8 Å². The van der Waals surface area contributed by atoms with Crippen LogP contribution in [-0.4, -0.2) is 35.5 Å². The zero-order valence-electron chi connectivity index (χ0n) is 15.6. The number of pyridine rings is 1. The van der Waals surface area contributed by atoms with Gasteiger partial charge >= 0.3 is 0 Å². The van der Waals surface area contributed by atoms with Crippen molar-refractivity contribution in [2.75, 3.05) is 6.26 Å². The third kappa shape index (κ3) is 4.17. The third-order valence-corrected chi connectivity index (χ3v) is 5.55. The van der Waals surface area contributed by atoms with Gasteiger partial charge in [-0.2, -0.15) is 0 Å². The van der Waals surface area contributed by atoms with Crippen LogP contribution in [0.25, 0.3) is 22.6 Å². The lowest BCUT2D eigenvalue weighted by Crippen LogP contribution is -2.23. The van der Waals surface area contributed by atoms with Gasteiger partial charge in [-0.25, -0.2) is 18.4 Å². The number of H-pyrrole nitrogens is 1. The second kappa shape index (κ2) is 7.48. The second-order valence-corrected chi connectivity index (χ2v) is 8.63. The van der Waals surface area contributed by atoms with Crippen molar-refractivity contribution in [2.24, 2.45) is 0 Å². The topological polar surface area (TPSA) is 105 Å². The number of nitrogens with one attached hydrogen (secondary N) is 2. The number of imidazole rings is 1. The van der Waals surface area contributed by atoms with Gasteiger partial charge in [-0.3, -0.25) is 4.79 Å². The van der Waals surface area contributed by atoms with E-state index in [4.69, 9.17) is 0 Å². The fraction of sp³-hybridized carbons (Fsp3) is 0.0952. The second-order valence-electron chi connectivity index (χ2n) is 6.61. The van der Waals surface area contributed by atoms with Gasteiger partial charge in [0.15, 0.2) is 15.7 Å². The van der Waals surface area contributed by atoms with Crippen LogP contribution in [0.5, 0.6) is 0 Å². The van der Waals surface area contributed by atoms with E-state index in [9.17, 15) is 13.2 Å². The molecule has 0 aliphatic rings. The lowest BCUT2D eigenvalue weighted by Gasteiger charge is -2.07. The number of benzene rings is 2. The minimum atomic E-state index is -3.24. The van der Waals surface area contributed by atoms with Crippen LogP contribution in [0.15, 0.2) is 71.6 Å². The SMILES string of the molecule is CS(=O)(=O)c1ccc(CNC(=O)c2cccc(-c3nc4ccccc4[nH]3)n2)cc1. The zero-order valence-corrected chi connectivity index (χ0v) is 16.4. The number of rotatable bonds is 5. The summed E-state index contributed by atoms with van der Waals surface area (Å²) in [4.78, 5) is 24.9. The van der Waals surface area contributed by atoms with E-state index in [-0.39, 0.29) is 23.0 Å². The number of nitrogens with zero attached hydrogens (tertiary/aromatic N) is 2. The molecule has 2 N–H and O–H groups in total. The maximum absolute atomic E-state index is 12.5. The minimum absolute atomic E-state index is 0.243. The van der Waals surface area contributed by atoms with E-state index in [1.807, 2.05) is 24.3 Å². The monoisotopic (exact) mass is 406 g/mol. The van der Waals surface area contributed by atoms with E-state index in [0.717, 1.165) is 22.9 Å². The van der Waals surface area contributed by atoms with Crippen molar-refractivity contribution >= 4 is 26.8 Å². The molecule has 4 aromatic rings. The first-order chi connectivity index (χ1) is 13.9. The van der Waals surface area contributed by atoms with Crippen LogP contribution in [0.4, 0.5) is 0 Å². The van der Waals surface area contributed by atoms with E-state index in [2.05, 4.69) is 20.3 Å². The summed E-state index contributed by atoms with van der Waals surface area (Å²) >= 11 is 0. The highest BCUT2D eigenvalue weighted by molar-refractivity contribution is 7.90. The van der Waals surface area contributed by atoms with Crippen molar-refractivity contribution in [3.63, 3.8) is 0 Å². The molecule has 7 nitrogen and oxygen atoms in total. The van der Waals surface area contributed by atoms with Gasteiger partial charge in [-0.05, 0) is 42.0 Å². The van der Waals surface area contributed by atoms with Gasteiger partial charge < -0.3 is 10.3 Å². The summed E-state index contributed by atoms with van der Waals surface area (Å²) in [5, 5.41) is 2.80. The molecule has 0 radical (unpaired) electrons. The highest BCUT2D eigenvalue weighted by Crippen LogP contribution is 2.19. The minimum Gasteiger partial charge on any atom is -0.347 e. The average Bonchev–Trinajstić information content (AvgIpc) is 3.16. The predicted molar refractivity (Wildman–Crippen MR) is 110 cm³/mol. The fourth-order valence-corrected chi connectivity index (χ4v) is 3.53. The number of para-hydroxylation sites is 2. The van der Waals surface area contributed by atoms with Crippen LogP contribution in [0, 0.1) is 0 Å². The number of amides is 1. The first kappa shape index (κ1) is 18.8. The van der Waals surface area contributed by atoms with Gasteiger partial charge in [0.05, 0.1) is 15.9 Å². The highest BCUT2D eigenvalue weighted by atomic mass is 32.2. The van der Waals surface area contributed by atoms with Crippen LogP contribution in [0.3, 0.4) is 0 Å². The summed E-state index contributed by atoms with van der Waals surface area (Å²) < 4.78 is 23.0. The van der Waals surface area contributed by atoms with E-state index in [0.29, 0.717) is 11.5 Å². The molecule has 2 aromatic carbocycles. The van der Waals surface area contributed by atoms with Crippen molar-refractivity contribution in [2.45, 2.75) is 11.4 Å². The normalized spacial score (nSPS) is 11.5. The molecule has 0 fully saturated rings. The van der Waals surface area contributed by atoms with E-state index < -0.39 is 9.84 Å². The van der Waals surface area contributed by atoms with Gasteiger partial charge in [0.2, 0.25) is 0 Å². The van der Waals surface area contributed by atoms with E-state index >= 15 is 0 Å². The smallest absolute Gasteiger partial charge is 0.270 e. The Kier molecular flexibility index (Phi) is 4.85. The number of aromatic amines is 1. The number of aromatic nitrogens is 3. The van der Waals surface area contributed by atoms with Crippen molar-refractivity contribution in [1.82, 2.24) is 20.3 Å². The Morgan fingerprint density at radius 3 is 2.45 bits per heavy atom. The Balaban J connectivity index is 1.48. The van der Waals surface area contributed by atoms with Crippen molar-refractivity contribution in [1.29, 1.82) is 0 Å². The summed E-state index contributed by atoms with van der Waals surface area (Å²) in [5.41, 5.74) is 3.37. The molecule has 0 saturated heterocycles. The van der Waals surface area contributed by atoms with Gasteiger partial charge in [-0.1, -0.05) is 30.3 Å². The Morgan fingerprint density at radius 2 is 1.72 bits per heavy atom. The maximum atomic E-state index is 12.5. The average molecular weight is 406 g/mol. The number of hydrogen-bond acceptors (Lipinski definition) is 5. The van der Waals surface area contributed by atoms with Crippen molar-refractivity contribution in [3.8, 4) is 11.5 Å². The predicted octanol–water partition coefficient (Wildman–Crippen LogP) is 2.96. The molecule has 0 aliphatic carbocycles. The first-order valence-corrected chi connectivity index (χ1v) is 10.8. The number of fused-ring (bicyclic) bond motifs is 1. The van der Waals surface area contributed by atoms with Crippen LogP contribution in [0.1, 0.15) is 16.1 Å². The molecule has 2 heterocycles. The quantitative estimate of drug-likeness (QED) is 0.530. The van der Waals surface area contributed by atoms with Gasteiger partial charge in [0.1, 0.15) is 11.4 Å². The number of hydrogen-bond donors (Lipinski definition) is 2. The molecule has 0 saturated carbocycles. The number of carbonyl (C=O) groups excluding carboxylic acids is 1. The van der Waals surface area contributed by atoms with E-state index in [1.54, 1.807) is 30.3 Å². The van der Waals surface area contributed by atoms with Crippen molar-refractivity contribution in [3.05, 3.63) is 78.0 Å². The van der Waals surface area contributed by atoms with Crippen molar-refractivity contribution < 1.29 is 13.2 Å². The van der Waals surface area contributed by atoms with Gasteiger partial charge in [-0.15, -0.1) is 0 Å². The molecule has 4 rings (SSSR count).